The van der Waals surface area contributed by atoms with E-state index in [0.717, 1.165) is 38.4 Å². The molecule has 9 rings (SSSR count). The second-order valence-corrected chi connectivity index (χ2v) is 9.95. The predicted molar refractivity (Wildman–Crippen MR) is 158 cm³/mol. The molecule has 0 atom stereocenters. The maximum atomic E-state index is 10.9. The molecule has 9 nitrogen and oxygen atoms in total. The average Bonchev–Trinajstić information content (AvgIpc) is 3.73. The molecular weight excluding hydrogens is 709 g/mol. The van der Waals surface area contributed by atoms with E-state index in [9.17, 15) is 5.11 Å². The molecule has 5 heterocycles. The fraction of sp³-hybridized carbons (Fsp3) is 0. The van der Waals surface area contributed by atoms with Crippen LogP contribution in [0.25, 0.3) is 89.7 Å². The summed E-state index contributed by atoms with van der Waals surface area (Å²) < 4.78 is 0. The zero-order chi connectivity index (χ0) is 27.1. The fourth-order valence-electron chi connectivity index (χ4n) is 5.67. The normalized spacial score (nSPS) is 11.7. The van der Waals surface area contributed by atoms with Gasteiger partial charge in [-0.05, 0) is 6.07 Å². The Balaban J connectivity index is 0.00000267. The smallest absolute Gasteiger partial charge is 0.507 e. The number of aromatic amines is 2. The van der Waals surface area contributed by atoms with Crippen molar-refractivity contribution in [3.05, 3.63) is 91.0 Å². The van der Waals surface area contributed by atoms with Crippen molar-refractivity contribution < 1.29 is 27.5 Å². The van der Waals surface area contributed by atoms with Gasteiger partial charge in [-0.1, -0.05) is 84.9 Å². The third-order valence-electron chi connectivity index (χ3n) is 7.56. The molecule has 0 radical (unpaired) electrons. The molecule has 4 aromatic carbocycles. The number of hydrogen-bond donors (Lipinski definition) is 3. The van der Waals surface area contributed by atoms with Gasteiger partial charge in [-0.15, -0.1) is 0 Å². The largest absolute Gasteiger partial charge is 1.00 e. The molecule has 0 saturated heterocycles. The van der Waals surface area contributed by atoms with Crippen molar-refractivity contribution in [1.82, 2.24) is 39.9 Å². The number of aromatic hydroxyl groups is 1. The van der Waals surface area contributed by atoms with E-state index in [1.54, 1.807) is 12.1 Å². The fourth-order valence-corrected chi connectivity index (χ4v) is 5.67. The zero-order valence-corrected chi connectivity index (χ0v) is 23.8. The Kier molecular flexibility index (Phi) is 5.35. The van der Waals surface area contributed by atoms with Crippen molar-refractivity contribution in [2.24, 2.45) is 0 Å². The first kappa shape index (κ1) is 24.6. The van der Waals surface area contributed by atoms with Crippen LogP contribution in [0.5, 0.6) is 5.75 Å². The van der Waals surface area contributed by atoms with Gasteiger partial charge in [0.25, 0.3) is 0 Å². The molecular formula is C32H18AuN8O+. The van der Waals surface area contributed by atoms with Crippen molar-refractivity contribution in [3.63, 3.8) is 0 Å². The third kappa shape index (κ3) is 3.55. The number of aromatic nitrogens is 8. The van der Waals surface area contributed by atoms with Gasteiger partial charge in [0.15, 0.2) is 23.3 Å². The Morgan fingerprint density at radius 2 is 0.786 bits per heavy atom. The van der Waals surface area contributed by atoms with E-state index in [-0.39, 0.29) is 28.1 Å². The van der Waals surface area contributed by atoms with E-state index in [1.165, 1.54) is 0 Å². The number of phenolic OH excluding ortho intramolecular Hbond substituents is 1. The molecule has 2 aliphatic heterocycles. The van der Waals surface area contributed by atoms with Crippen LogP contribution in [0.4, 0.5) is 0 Å². The summed E-state index contributed by atoms with van der Waals surface area (Å²) in [6, 6.07) is 29.1. The van der Waals surface area contributed by atoms with Crippen LogP contribution in [0.15, 0.2) is 91.0 Å². The summed E-state index contributed by atoms with van der Waals surface area (Å²) in [6.07, 6.45) is 0. The summed E-state index contributed by atoms with van der Waals surface area (Å²) in [4.78, 5) is 36.3. The summed E-state index contributed by atoms with van der Waals surface area (Å²) in [5, 5.41) is 14.0. The molecule has 0 saturated carbocycles. The number of fused-ring (bicyclic) bond motifs is 20. The molecule has 7 aromatic rings. The topological polar surface area (TPSA) is 129 Å². The Morgan fingerprint density at radius 3 is 1.29 bits per heavy atom. The first-order valence-corrected chi connectivity index (χ1v) is 13.1. The van der Waals surface area contributed by atoms with E-state index >= 15 is 0 Å². The van der Waals surface area contributed by atoms with E-state index < -0.39 is 0 Å². The molecule has 0 spiro atoms. The molecule has 202 valence electrons. The summed E-state index contributed by atoms with van der Waals surface area (Å²) in [6.45, 7) is 0. The first-order chi connectivity index (χ1) is 20.2. The Hall–Kier alpha value is -5.22. The van der Waals surface area contributed by atoms with Crippen LogP contribution < -0.4 is 0 Å². The monoisotopic (exact) mass is 727 g/mol. The Labute approximate surface area is 253 Å². The maximum absolute atomic E-state index is 10.9. The number of benzene rings is 4. The average molecular weight is 728 g/mol. The number of H-pyrrole nitrogens is 2. The minimum absolute atomic E-state index is 0. The summed E-state index contributed by atoms with van der Waals surface area (Å²) in [7, 11) is 0. The van der Waals surface area contributed by atoms with Gasteiger partial charge in [-0.2, -0.15) is 0 Å². The SMILES string of the molecule is Oc1cccc2c3nc4nc(nc5[nH]c(nc6nc(nc([nH]3)c12)-c1ccccc1-6)c1ccccc51)-c1ccccc1-4.[Au+]. The van der Waals surface area contributed by atoms with Gasteiger partial charge in [0, 0.05) is 38.4 Å². The molecule has 42 heavy (non-hydrogen) atoms. The quantitative estimate of drug-likeness (QED) is 0.151. The molecule has 10 heteroatoms. The molecule has 3 aromatic heterocycles. The second-order valence-electron chi connectivity index (χ2n) is 9.95. The van der Waals surface area contributed by atoms with Crippen LogP contribution in [-0.2, 0) is 22.4 Å². The van der Waals surface area contributed by atoms with E-state index in [0.29, 0.717) is 51.3 Å². The zero-order valence-electron chi connectivity index (χ0n) is 21.6. The number of hydrogen-bond acceptors (Lipinski definition) is 7. The van der Waals surface area contributed by atoms with Crippen molar-refractivity contribution >= 4 is 44.1 Å². The van der Waals surface area contributed by atoms with Gasteiger partial charge in [0.1, 0.15) is 28.3 Å². The van der Waals surface area contributed by atoms with Crippen molar-refractivity contribution in [2.45, 2.75) is 0 Å². The van der Waals surface area contributed by atoms with E-state index in [4.69, 9.17) is 29.9 Å². The summed E-state index contributed by atoms with van der Waals surface area (Å²) in [5.74, 6) is 2.19. The minimum atomic E-state index is 0. The van der Waals surface area contributed by atoms with Gasteiger partial charge in [0.2, 0.25) is 0 Å². The second kappa shape index (κ2) is 9.15. The van der Waals surface area contributed by atoms with Crippen LogP contribution in [0, 0.1) is 0 Å². The van der Waals surface area contributed by atoms with Crippen molar-refractivity contribution in [3.8, 4) is 51.3 Å². The van der Waals surface area contributed by atoms with Gasteiger partial charge >= 0.3 is 22.4 Å². The van der Waals surface area contributed by atoms with E-state index in [2.05, 4.69) is 9.97 Å². The van der Waals surface area contributed by atoms with Gasteiger partial charge in [-0.25, -0.2) is 29.9 Å². The predicted octanol–water partition coefficient (Wildman–Crippen LogP) is 6.57. The molecule has 0 amide bonds. The Morgan fingerprint density at radius 1 is 0.405 bits per heavy atom. The van der Waals surface area contributed by atoms with Crippen LogP contribution >= 0.6 is 0 Å². The standard InChI is InChI=1S/C32H18N8O.Au/c41-23-15-7-14-22-24(23)32-39-30-21-13-6-5-12-20(21)28(37-30)35-26-17-9-2-1-8-16(17)25(33-26)34-27-18-10-3-4-11-19(18)29(36-27)38-31(22)40-32;/h1-15,41H,(H2,33,34,35,36,37,38,39,40);/q;+1. The molecule has 3 N–H and O–H groups in total. The molecule has 0 unspecified atom stereocenters. The van der Waals surface area contributed by atoms with Crippen LogP contribution in [-0.4, -0.2) is 45.0 Å². The summed E-state index contributed by atoms with van der Waals surface area (Å²) >= 11 is 0. The van der Waals surface area contributed by atoms with Crippen molar-refractivity contribution in [2.75, 3.05) is 0 Å². The van der Waals surface area contributed by atoms with Gasteiger partial charge in [0.05, 0.1) is 5.39 Å². The molecule has 8 bridgehead atoms. The number of rotatable bonds is 0. The third-order valence-corrected chi connectivity index (χ3v) is 7.56. The minimum Gasteiger partial charge on any atom is -0.507 e. The van der Waals surface area contributed by atoms with Gasteiger partial charge in [-0.3, -0.25) is 0 Å². The molecule has 0 aliphatic carbocycles. The first-order valence-electron chi connectivity index (χ1n) is 13.1. The number of nitrogens with zero attached hydrogens (tertiary/aromatic N) is 6. The Bertz CT molecular complexity index is 2410. The number of phenols is 1. The number of nitrogens with one attached hydrogen (secondary N) is 2. The maximum Gasteiger partial charge on any atom is 1.00 e. The summed E-state index contributed by atoms with van der Waals surface area (Å²) in [5.41, 5.74) is 5.74. The van der Waals surface area contributed by atoms with Crippen LogP contribution in [0.1, 0.15) is 0 Å². The van der Waals surface area contributed by atoms with E-state index in [1.807, 2.05) is 78.9 Å². The van der Waals surface area contributed by atoms with Crippen LogP contribution in [0.3, 0.4) is 0 Å². The van der Waals surface area contributed by atoms with Crippen LogP contribution in [0.2, 0.25) is 0 Å². The molecule has 2 aliphatic rings. The molecule has 0 fully saturated rings. The van der Waals surface area contributed by atoms with Gasteiger partial charge < -0.3 is 15.1 Å². The van der Waals surface area contributed by atoms with Crippen molar-refractivity contribution in [1.29, 1.82) is 0 Å².